The van der Waals surface area contributed by atoms with Gasteiger partial charge < -0.3 is 4.57 Å². The SMILES string of the molecule is CC(=Nn1c(-c2ccc(C)cc2)csc1=NC(C)C)c1ccc(-n2ccnc2)cc1. The second-order valence-corrected chi connectivity index (χ2v) is 8.34. The highest BCUT2D eigenvalue weighted by Crippen LogP contribution is 2.21. The van der Waals surface area contributed by atoms with Crippen molar-refractivity contribution >= 4 is 17.0 Å². The summed E-state index contributed by atoms with van der Waals surface area (Å²) in [5.74, 6) is 0. The first-order valence-electron chi connectivity index (χ1n) is 9.97. The molecule has 0 bridgehead atoms. The Morgan fingerprint density at radius 1 is 1.03 bits per heavy atom. The standard InChI is InChI=1S/C24H25N5S/c1-17(2)26-24-29(23(15-30-24)21-7-5-18(3)6-8-21)27-19(4)20-9-11-22(12-10-20)28-14-13-25-16-28/h5-17H,1-4H3. The van der Waals surface area contributed by atoms with Crippen LogP contribution in [0.2, 0.25) is 0 Å². The number of imidazole rings is 1. The first-order valence-corrected chi connectivity index (χ1v) is 10.8. The van der Waals surface area contributed by atoms with E-state index in [1.165, 1.54) is 5.56 Å². The molecule has 0 unspecified atom stereocenters. The van der Waals surface area contributed by atoms with Gasteiger partial charge in [0.2, 0.25) is 4.80 Å². The van der Waals surface area contributed by atoms with Crippen LogP contribution in [0.5, 0.6) is 0 Å². The van der Waals surface area contributed by atoms with Crippen LogP contribution in [0, 0.1) is 6.92 Å². The summed E-state index contributed by atoms with van der Waals surface area (Å²) in [4.78, 5) is 9.79. The van der Waals surface area contributed by atoms with Gasteiger partial charge in [-0.3, -0.25) is 4.99 Å². The molecular weight excluding hydrogens is 390 g/mol. The third-order valence-electron chi connectivity index (χ3n) is 4.74. The van der Waals surface area contributed by atoms with Gasteiger partial charge in [0.15, 0.2) is 0 Å². The number of benzene rings is 2. The number of aromatic nitrogens is 3. The first kappa shape index (κ1) is 20.0. The van der Waals surface area contributed by atoms with Gasteiger partial charge in [-0.05, 0) is 45.4 Å². The number of nitrogens with zero attached hydrogens (tertiary/aromatic N) is 5. The Bertz CT molecular complexity index is 1210. The lowest BCUT2D eigenvalue weighted by atomic mass is 10.1. The Kier molecular flexibility index (Phi) is 5.77. The molecule has 0 spiro atoms. The Balaban J connectivity index is 1.75. The minimum absolute atomic E-state index is 0.200. The molecule has 30 heavy (non-hydrogen) atoms. The summed E-state index contributed by atoms with van der Waals surface area (Å²) in [6, 6.07) is 17.1. The highest BCUT2D eigenvalue weighted by Gasteiger charge is 2.09. The number of rotatable bonds is 5. The van der Waals surface area contributed by atoms with E-state index < -0.39 is 0 Å². The summed E-state index contributed by atoms with van der Waals surface area (Å²) in [6.07, 6.45) is 5.51. The maximum atomic E-state index is 4.96. The zero-order valence-electron chi connectivity index (χ0n) is 17.6. The van der Waals surface area contributed by atoms with E-state index in [-0.39, 0.29) is 6.04 Å². The fourth-order valence-corrected chi connectivity index (χ4v) is 4.09. The molecule has 6 heteroatoms. The second-order valence-electron chi connectivity index (χ2n) is 7.51. The molecule has 0 aliphatic rings. The van der Waals surface area contributed by atoms with Gasteiger partial charge in [-0.25, -0.2) is 9.66 Å². The Labute approximate surface area is 180 Å². The molecule has 2 heterocycles. The minimum atomic E-state index is 0.200. The van der Waals surface area contributed by atoms with E-state index >= 15 is 0 Å². The van der Waals surface area contributed by atoms with Crippen molar-refractivity contribution < 1.29 is 0 Å². The molecule has 0 aliphatic heterocycles. The third kappa shape index (κ3) is 4.33. The second kappa shape index (κ2) is 8.63. The molecule has 2 aromatic heterocycles. The van der Waals surface area contributed by atoms with Gasteiger partial charge in [-0.15, -0.1) is 11.3 Å². The number of hydrogen-bond donors (Lipinski definition) is 0. The molecule has 0 aliphatic carbocycles. The van der Waals surface area contributed by atoms with Crippen molar-refractivity contribution in [3.63, 3.8) is 0 Å². The van der Waals surface area contributed by atoms with Crippen LogP contribution >= 0.6 is 11.3 Å². The third-order valence-corrected chi connectivity index (χ3v) is 5.57. The van der Waals surface area contributed by atoms with Crippen molar-refractivity contribution in [2.45, 2.75) is 33.7 Å². The molecule has 4 aromatic rings. The van der Waals surface area contributed by atoms with Gasteiger partial charge in [-0.2, -0.15) is 5.10 Å². The monoisotopic (exact) mass is 415 g/mol. The van der Waals surface area contributed by atoms with E-state index in [0.29, 0.717) is 0 Å². The smallest absolute Gasteiger partial charge is 0.206 e. The summed E-state index contributed by atoms with van der Waals surface area (Å²) in [5.41, 5.74) is 6.50. The van der Waals surface area contributed by atoms with E-state index in [0.717, 1.165) is 33.0 Å². The van der Waals surface area contributed by atoms with Crippen LogP contribution in [0.25, 0.3) is 16.9 Å². The van der Waals surface area contributed by atoms with E-state index in [4.69, 9.17) is 10.1 Å². The Morgan fingerprint density at radius 3 is 2.40 bits per heavy atom. The molecule has 2 aromatic carbocycles. The number of aryl methyl sites for hydroxylation is 1. The van der Waals surface area contributed by atoms with Crippen molar-refractivity contribution in [3.8, 4) is 16.9 Å². The summed E-state index contributed by atoms with van der Waals surface area (Å²) in [7, 11) is 0. The van der Waals surface area contributed by atoms with Crippen molar-refractivity contribution in [1.82, 2.24) is 14.2 Å². The first-order chi connectivity index (χ1) is 14.5. The summed E-state index contributed by atoms with van der Waals surface area (Å²) >= 11 is 1.62. The fourth-order valence-electron chi connectivity index (χ4n) is 3.12. The average Bonchev–Trinajstić information content (AvgIpc) is 3.40. The number of hydrogen-bond acceptors (Lipinski definition) is 4. The molecule has 0 saturated heterocycles. The molecule has 0 N–H and O–H groups in total. The molecular formula is C24H25N5S. The minimum Gasteiger partial charge on any atom is -0.306 e. The Hall–Kier alpha value is -3.25. The highest BCUT2D eigenvalue weighted by atomic mass is 32.1. The molecule has 5 nitrogen and oxygen atoms in total. The van der Waals surface area contributed by atoms with Crippen LogP contribution in [-0.2, 0) is 0 Å². The van der Waals surface area contributed by atoms with E-state index in [9.17, 15) is 0 Å². The molecule has 0 atom stereocenters. The highest BCUT2D eigenvalue weighted by molar-refractivity contribution is 7.07. The normalized spacial score (nSPS) is 12.7. The predicted molar refractivity (Wildman–Crippen MR) is 124 cm³/mol. The van der Waals surface area contributed by atoms with Crippen molar-refractivity contribution in [3.05, 3.63) is 88.6 Å². The lowest BCUT2D eigenvalue weighted by Gasteiger charge is -2.08. The van der Waals surface area contributed by atoms with E-state index in [1.807, 2.05) is 22.4 Å². The molecule has 0 amide bonds. The van der Waals surface area contributed by atoms with Crippen molar-refractivity contribution in [2.75, 3.05) is 0 Å². The molecule has 0 saturated carbocycles. The topological polar surface area (TPSA) is 47.5 Å². The Morgan fingerprint density at radius 2 is 1.77 bits per heavy atom. The average molecular weight is 416 g/mol. The van der Waals surface area contributed by atoms with Crippen LogP contribution in [-0.4, -0.2) is 26.0 Å². The predicted octanol–water partition coefficient (Wildman–Crippen LogP) is 5.29. The lowest BCUT2D eigenvalue weighted by Crippen LogP contribution is -2.16. The van der Waals surface area contributed by atoms with Crippen molar-refractivity contribution in [1.29, 1.82) is 0 Å². The molecule has 4 rings (SSSR count). The lowest BCUT2D eigenvalue weighted by molar-refractivity contribution is 0.753. The van der Waals surface area contributed by atoms with Crippen molar-refractivity contribution in [2.24, 2.45) is 10.1 Å². The fraction of sp³-hybridized carbons (Fsp3) is 0.208. The summed E-state index contributed by atoms with van der Waals surface area (Å²) in [6.45, 7) is 8.30. The maximum absolute atomic E-state index is 4.96. The number of thiazole rings is 1. The largest absolute Gasteiger partial charge is 0.306 e. The van der Waals surface area contributed by atoms with E-state index in [1.54, 1.807) is 23.9 Å². The van der Waals surface area contributed by atoms with Crippen LogP contribution in [0.3, 0.4) is 0 Å². The van der Waals surface area contributed by atoms with E-state index in [2.05, 4.69) is 79.7 Å². The van der Waals surface area contributed by atoms with Gasteiger partial charge in [-0.1, -0.05) is 42.0 Å². The summed E-state index contributed by atoms with van der Waals surface area (Å²) in [5, 5.41) is 7.09. The van der Waals surface area contributed by atoms with Gasteiger partial charge in [0, 0.05) is 35.1 Å². The maximum Gasteiger partial charge on any atom is 0.206 e. The van der Waals surface area contributed by atoms with Crippen LogP contribution in [0.1, 0.15) is 31.9 Å². The van der Waals surface area contributed by atoms with Gasteiger partial charge in [0.25, 0.3) is 0 Å². The van der Waals surface area contributed by atoms with Gasteiger partial charge in [0.05, 0.1) is 17.7 Å². The van der Waals surface area contributed by atoms with Gasteiger partial charge in [0.1, 0.15) is 0 Å². The summed E-state index contributed by atoms with van der Waals surface area (Å²) < 4.78 is 3.95. The van der Waals surface area contributed by atoms with Crippen LogP contribution in [0.15, 0.2) is 82.7 Å². The molecule has 152 valence electrons. The molecule has 0 fully saturated rings. The van der Waals surface area contributed by atoms with Gasteiger partial charge >= 0.3 is 0 Å². The van der Waals surface area contributed by atoms with Crippen LogP contribution in [0.4, 0.5) is 0 Å². The zero-order valence-corrected chi connectivity index (χ0v) is 18.5. The zero-order chi connectivity index (χ0) is 21.1. The molecule has 0 radical (unpaired) electrons. The van der Waals surface area contributed by atoms with Crippen LogP contribution < -0.4 is 4.80 Å². The quantitative estimate of drug-likeness (QED) is 0.408.